The van der Waals surface area contributed by atoms with E-state index in [4.69, 9.17) is 14.5 Å². The summed E-state index contributed by atoms with van der Waals surface area (Å²) in [5.41, 5.74) is 4.72. The average Bonchev–Trinajstić information content (AvgIpc) is 3.39. The standard InChI is InChI=1S/C27H30N4O3/c1-19-22(5-3-6-24(19)30-15-17-34-18-16-30)27(32)31-14-4-7-25(31)23-12-13-28-26(29-23)20-8-10-21(33-2)11-9-20/h3,5-6,8-13,25H,4,7,14-18H2,1-2H3/t25-/m0/s1. The number of benzene rings is 2. The summed E-state index contributed by atoms with van der Waals surface area (Å²) in [4.78, 5) is 27.3. The third-order valence-corrected chi connectivity index (χ3v) is 6.77. The number of carbonyl (C=O) groups excluding carboxylic acids is 1. The lowest BCUT2D eigenvalue weighted by Crippen LogP contribution is -2.37. The highest BCUT2D eigenvalue weighted by molar-refractivity contribution is 5.97. The minimum atomic E-state index is -0.0565. The minimum Gasteiger partial charge on any atom is -0.497 e. The molecule has 3 aromatic rings. The van der Waals surface area contributed by atoms with Crippen LogP contribution in [0.4, 0.5) is 5.69 Å². The van der Waals surface area contributed by atoms with Crippen LogP contribution in [0.25, 0.3) is 11.4 Å². The van der Waals surface area contributed by atoms with Crippen LogP contribution < -0.4 is 9.64 Å². The maximum Gasteiger partial charge on any atom is 0.254 e. The van der Waals surface area contributed by atoms with Crippen LogP contribution in [0.3, 0.4) is 0 Å². The van der Waals surface area contributed by atoms with Gasteiger partial charge >= 0.3 is 0 Å². The molecule has 1 aromatic heterocycles. The van der Waals surface area contributed by atoms with Crippen molar-refractivity contribution < 1.29 is 14.3 Å². The van der Waals surface area contributed by atoms with E-state index in [0.29, 0.717) is 5.82 Å². The number of hydrogen-bond acceptors (Lipinski definition) is 6. The Morgan fingerprint density at radius 2 is 1.85 bits per heavy atom. The quantitative estimate of drug-likeness (QED) is 0.569. The second kappa shape index (κ2) is 9.81. The number of hydrogen-bond donors (Lipinski definition) is 0. The van der Waals surface area contributed by atoms with Gasteiger partial charge in [0.15, 0.2) is 5.82 Å². The molecule has 2 saturated heterocycles. The first kappa shape index (κ1) is 22.3. The molecule has 0 saturated carbocycles. The van der Waals surface area contributed by atoms with Crippen molar-refractivity contribution in [3.05, 3.63) is 71.5 Å². The van der Waals surface area contributed by atoms with E-state index < -0.39 is 0 Å². The highest BCUT2D eigenvalue weighted by atomic mass is 16.5. The average molecular weight is 459 g/mol. The Kier molecular flexibility index (Phi) is 6.45. The third-order valence-electron chi connectivity index (χ3n) is 6.77. The summed E-state index contributed by atoms with van der Waals surface area (Å²) >= 11 is 0. The first-order chi connectivity index (χ1) is 16.7. The van der Waals surface area contributed by atoms with Crippen LogP contribution >= 0.6 is 0 Å². The lowest BCUT2D eigenvalue weighted by atomic mass is 10.0. The van der Waals surface area contributed by atoms with Crippen molar-refractivity contribution in [2.24, 2.45) is 0 Å². The number of amides is 1. The van der Waals surface area contributed by atoms with Crippen molar-refractivity contribution in [2.75, 3.05) is 44.9 Å². The summed E-state index contributed by atoms with van der Waals surface area (Å²) < 4.78 is 10.8. The Hall–Kier alpha value is -3.45. The number of likely N-dealkylation sites (tertiary alicyclic amines) is 1. The minimum absolute atomic E-state index is 0.0565. The molecular formula is C27H30N4O3. The fourth-order valence-corrected chi connectivity index (χ4v) is 4.91. The van der Waals surface area contributed by atoms with Gasteiger partial charge in [-0.2, -0.15) is 0 Å². The predicted octanol–water partition coefficient (Wildman–Crippen LogP) is 4.27. The van der Waals surface area contributed by atoms with Gasteiger partial charge in [-0.1, -0.05) is 6.07 Å². The molecule has 1 atom stereocenters. The maximum atomic E-state index is 13.7. The van der Waals surface area contributed by atoms with Crippen LogP contribution in [0.1, 0.15) is 40.5 Å². The molecule has 0 aliphatic carbocycles. The fourth-order valence-electron chi connectivity index (χ4n) is 4.91. The lowest BCUT2D eigenvalue weighted by Gasteiger charge is -2.31. The molecular weight excluding hydrogens is 428 g/mol. The van der Waals surface area contributed by atoms with E-state index in [1.807, 2.05) is 47.4 Å². The second-order valence-corrected chi connectivity index (χ2v) is 8.74. The Morgan fingerprint density at radius 1 is 1.06 bits per heavy atom. The molecule has 2 fully saturated rings. The Balaban J connectivity index is 1.41. The molecule has 176 valence electrons. The molecule has 0 unspecified atom stereocenters. The van der Waals surface area contributed by atoms with Crippen molar-refractivity contribution >= 4 is 11.6 Å². The zero-order valence-corrected chi connectivity index (χ0v) is 19.7. The van der Waals surface area contributed by atoms with Crippen LogP contribution in [0.2, 0.25) is 0 Å². The van der Waals surface area contributed by atoms with E-state index in [2.05, 4.69) is 22.9 Å². The van der Waals surface area contributed by atoms with Gasteiger partial charge in [0.1, 0.15) is 5.75 Å². The molecule has 34 heavy (non-hydrogen) atoms. The number of morpholine rings is 1. The lowest BCUT2D eigenvalue weighted by molar-refractivity contribution is 0.0732. The number of anilines is 1. The van der Waals surface area contributed by atoms with Gasteiger partial charge in [-0.25, -0.2) is 9.97 Å². The molecule has 7 nitrogen and oxygen atoms in total. The van der Waals surface area contributed by atoms with Crippen LogP contribution in [0.15, 0.2) is 54.7 Å². The van der Waals surface area contributed by atoms with Crippen LogP contribution in [0.5, 0.6) is 5.75 Å². The monoisotopic (exact) mass is 458 g/mol. The highest BCUT2D eigenvalue weighted by Crippen LogP contribution is 2.34. The number of nitrogens with zero attached hydrogens (tertiary/aromatic N) is 4. The molecule has 0 spiro atoms. The predicted molar refractivity (Wildman–Crippen MR) is 131 cm³/mol. The number of carbonyl (C=O) groups is 1. The van der Waals surface area contributed by atoms with Crippen LogP contribution in [0, 0.1) is 6.92 Å². The van der Waals surface area contributed by atoms with Gasteiger partial charge in [-0.05, 0) is 67.8 Å². The molecule has 0 radical (unpaired) electrons. The molecule has 0 N–H and O–H groups in total. The van der Waals surface area contributed by atoms with E-state index in [-0.39, 0.29) is 11.9 Å². The topological polar surface area (TPSA) is 67.8 Å². The molecule has 1 amide bonds. The summed E-state index contributed by atoms with van der Waals surface area (Å²) in [6.45, 7) is 5.91. The van der Waals surface area contributed by atoms with Crippen molar-refractivity contribution in [3.63, 3.8) is 0 Å². The van der Waals surface area contributed by atoms with Crippen molar-refractivity contribution in [1.29, 1.82) is 0 Å². The zero-order chi connectivity index (χ0) is 23.5. The summed E-state index contributed by atoms with van der Waals surface area (Å²) in [7, 11) is 1.65. The highest BCUT2D eigenvalue weighted by Gasteiger charge is 2.33. The van der Waals surface area contributed by atoms with E-state index in [9.17, 15) is 4.79 Å². The summed E-state index contributed by atoms with van der Waals surface area (Å²) in [5.74, 6) is 1.52. The smallest absolute Gasteiger partial charge is 0.254 e. The summed E-state index contributed by atoms with van der Waals surface area (Å²) in [6, 6.07) is 15.6. The fraction of sp³-hybridized carbons (Fsp3) is 0.370. The van der Waals surface area contributed by atoms with Gasteiger partial charge in [0, 0.05) is 42.6 Å². The van der Waals surface area contributed by atoms with Gasteiger partial charge < -0.3 is 19.3 Å². The number of methoxy groups -OCH3 is 1. The van der Waals surface area contributed by atoms with Gasteiger partial charge in [-0.15, -0.1) is 0 Å². The van der Waals surface area contributed by atoms with E-state index in [1.54, 1.807) is 13.3 Å². The summed E-state index contributed by atoms with van der Waals surface area (Å²) in [5, 5.41) is 0. The van der Waals surface area contributed by atoms with Gasteiger partial charge in [0.05, 0.1) is 32.1 Å². The van der Waals surface area contributed by atoms with Crippen LogP contribution in [-0.2, 0) is 4.74 Å². The Morgan fingerprint density at radius 3 is 2.62 bits per heavy atom. The summed E-state index contributed by atoms with van der Waals surface area (Å²) in [6.07, 6.45) is 3.64. The molecule has 2 aromatic carbocycles. The zero-order valence-electron chi connectivity index (χ0n) is 19.7. The van der Waals surface area contributed by atoms with Gasteiger partial charge in [0.2, 0.25) is 0 Å². The molecule has 5 rings (SSSR count). The first-order valence-electron chi connectivity index (χ1n) is 11.9. The Bertz CT molecular complexity index is 1160. The van der Waals surface area contributed by atoms with Gasteiger partial charge in [0.25, 0.3) is 5.91 Å². The molecule has 2 aliphatic rings. The second-order valence-electron chi connectivity index (χ2n) is 8.74. The maximum absolute atomic E-state index is 13.7. The Labute approximate surface area is 200 Å². The number of ether oxygens (including phenoxy) is 2. The molecule has 2 aliphatic heterocycles. The normalized spacial score (nSPS) is 18.2. The third kappa shape index (κ3) is 4.35. The first-order valence-corrected chi connectivity index (χ1v) is 11.9. The number of rotatable bonds is 5. The van der Waals surface area contributed by atoms with Gasteiger partial charge in [-0.3, -0.25) is 4.79 Å². The van der Waals surface area contributed by atoms with Crippen LogP contribution in [-0.4, -0.2) is 60.7 Å². The van der Waals surface area contributed by atoms with E-state index in [1.165, 1.54) is 0 Å². The van der Waals surface area contributed by atoms with Crippen molar-refractivity contribution in [3.8, 4) is 17.1 Å². The molecule has 7 heteroatoms. The van der Waals surface area contributed by atoms with E-state index in [0.717, 1.165) is 79.5 Å². The molecule has 0 bridgehead atoms. The van der Waals surface area contributed by atoms with E-state index >= 15 is 0 Å². The number of aromatic nitrogens is 2. The SMILES string of the molecule is COc1ccc(-c2nccc([C@@H]3CCCN3C(=O)c3cccc(N4CCOCC4)c3C)n2)cc1. The molecule has 3 heterocycles. The largest absolute Gasteiger partial charge is 0.497 e. The van der Waals surface area contributed by atoms with Crippen molar-refractivity contribution in [2.45, 2.75) is 25.8 Å². The van der Waals surface area contributed by atoms with Crippen molar-refractivity contribution in [1.82, 2.24) is 14.9 Å².